The van der Waals surface area contributed by atoms with Gasteiger partial charge in [0.15, 0.2) is 0 Å². The monoisotopic (exact) mass is 266 g/mol. The molecule has 19 heavy (non-hydrogen) atoms. The van der Waals surface area contributed by atoms with Crippen molar-refractivity contribution in [1.29, 1.82) is 0 Å². The van der Waals surface area contributed by atoms with E-state index in [0.717, 1.165) is 0 Å². The molecule has 6 nitrogen and oxygen atoms in total. The quantitative estimate of drug-likeness (QED) is 0.505. The summed E-state index contributed by atoms with van der Waals surface area (Å²) in [6.45, 7) is 1.77. The van der Waals surface area contributed by atoms with Gasteiger partial charge in [0.05, 0.1) is 12.3 Å². The van der Waals surface area contributed by atoms with Crippen LogP contribution in [0.2, 0.25) is 0 Å². The first-order valence-corrected chi connectivity index (χ1v) is 6.00. The molecule has 0 saturated heterocycles. The molecule has 0 heterocycles. The summed E-state index contributed by atoms with van der Waals surface area (Å²) in [6, 6.07) is 6.23. The third-order valence-electron chi connectivity index (χ3n) is 2.47. The van der Waals surface area contributed by atoms with Crippen molar-refractivity contribution in [2.24, 2.45) is 0 Å². The number of hydrogen-bond donors (Lipinski definition) is 3. The Morgan fingerprint density at radius 3 is 2.74 bits per heavy atom. The molecule has 1 unspecified atom stereocenters. The molecule has 0 aliphatic rings. The number of carbonyl (C=O) groups is 2. The first kappa shape index (κ1) is 14.8. The predicted octanol–water partition coefficient (Wildman–Crippen LogP) is 1.02. The molecule has 0 spiro atoms. The molecule has 0 aliphatic heterocycles. The van der Waals surface area contributed by atoms with E-state index < -0.39 is 12.0 Å². The zero-order valence-electron chi connectivity index (χ0n) is 10.8. The smallest absolute Gasteiger partial charge is 0.325 e. The minimum absolute atomic E-state index is 0.213. The van der Waals surface area contributed by atoms with Crippen LogP contribution >= 0.6 is 0 Å². The van der Waals surface area contributed by atoms with Crippen molar-refractivity contribution in [2.75, 3.05) is 12.3 Å². The molecular formula is C13H18N2O4. The number of nitrogens with one attached hydrogen (secondary N) is 1. The lowest BCUT2D eigenvalue weighted by atomic mass is 10.2. The van der Waals surface area contributed by atoms with Crippen molar-refractivity contribution in [3.63, 3.8) is 0 Å². The van der Waals surface area contributed by atoms with Gasteiger partial charge in [-0.05, 0) is 25.5 Å². The van der Waals surface area contributed by atoms with Gasteiger partial charge in [0.25, 0.3) is 0 Å². The first-order valence-electron chi connectivity index (χ1n) is 6.00. The Hall–Kier alpha value is -2.24. The standard InChI is InChI=1S/C13H18N2O4/c1-9(13(17)18)15-12(16)7-4-8-19-11-6-3-2-5-10(11)14/h2-3,5-6,9H,4,7-8,14H2,1H3,(H,15,16)(H,17,18). The molecule has 1 aromatic carbocycles. The fourth-order valence-corrected chi connectivity index (χ4v) is 1.40. The summed E-state index contributed by atoms with van der Waals surface area (Å²) in [7, 11) is 0. The van der Waals surface area contributed by atoms with Crippen molar-refractivity contribution in [3.05, 3.63) is 24.3 Å². The van der Waals surface area contributed by atoms with E-state index in [1.165, 1.54) is 6.92 Å². The Balaban J connectivity index is 2.23. The number of amides is 1. The zero-order valence-corrected chi connectivity index (χ0v) is 10.8. The van der Waals surface area contributed by atoms with Crippen LogP contribution in [-0.4, -0.2) is 29.6 Å². The maximum atomic E-state index is 11.4. The number of nitrogens with two attached hydrogens (primary N) is 1. The summed E-state index contributed by atoms with van der Waals surface area (Å²) < 4.78 is 5.42. The summed E-state index contributed by atoms with van der Waals surface area (Å²) in [5.74, 6) is -0.775. The number of carboxylic acids is 1. The lowest BCUT2D eigenvalue weighted by Crippen LogP contribution is -2.38. The second kappa shape index (κ2) is 7.25. The van der Waals surface area contributed by atoms with Crippen LogP contribution in [0, 0.1) is 0 Å². The molecule has 0 bridgehead atoms. The first-order chi connectivity index (χ1) is 9.00. The van der Waals surface area contributed by atoms with Crippen LogP contribution in [0.5, 0.6) is 5.75 Å². The highest BCUT2D eigenvalue weighted by Crippen LogP contribution is 2.19. The number of anilines is 1. The third-order valence-corrected chi connectivity index (χ3v) is 2.47. The van der Waals surface area contributed by atoms with E-state index in [-0.39, 0.29) is 12.3 Å². The number of benzene rings is 1. The third kappa shape index (κ3) is 5.29. The Bertz CT molecular complexity index is 448. The molecule has 1 rings (SSSR count). The van der Waals surface area contributed by atoms with Gasteiger partial charge in [-0.25, -0.2) is 0 Å². The minimum atomic E-state index is -1.05. The van der Waals surface area contributed by atoms with Crippen LogP contribution < -0.4 is 15.8 Å². The molecular weight excluding hydrogens is 248 g/mol. The molecule has 104 valence electrons. The molecule has 0 radical (unpaired) electrons. The van der Waals surface area contributed by atoms with Crippen molar-refractivity contribution in [1.82, 2.24) is 5.32 Å². The van der Waals surface area contributed by atoms with Gasteiger partial charge in [-0.2, -0.15) is 0 Å². The molecule has 1 aromatic rings. The summed E-state index contributed by atoms with van der Waals surface area (Å²) in [5.41, 5.74) is 6.24. The van der Waals surface area contributed by atoms with Crippen LogP contribution in [0.1, 0.15) is 19.8 Å². The number of rotatable bonds is 7. The minimum Gasteiger partial charge on any atom is -0.491 e. The molecule has 0 saturated carbocycles. The van der Waals surface area contributed by atoms with Crippen LogP contribution in [0.4, 0.5) is 5.69 Å². The average molecular weight is 266 g/mol. The Morgan fingerprint density at radius 1 is 1.42 bits per heavy atom. The van der Waals surface area contributed by atoms with Gasteiger partial charge < -0.3 is 20.9 Å². The second-order valence-corrected chi connectivity index (χ2v) is 4.12. The highest BCUT2D eigenvalue weighted by Gasteiger charge is 2.13. The highest BCUT2D eigenvalue weighted by atomic mass is 16.5. The van der Waals surface area contributed by atoms with E-state index in [9.17, 15) is 9.59 Å². The number of aliphatic carboxylic acids is 1. The van der Waals surface area contributed by atoms with E-state index in [1.54, 1.807) is 12.1 Å². The van der Waals surface area contributed by atoms with Gasteiger partial charge in [0.2, 0.25) is 5.91 Å². The molecule has 1 amide bonds. The van der Waals surface area contributed by atoms with Crippen LogP contribution in [-0.2, 0) is 9.59 Å². The maximum Gasteiger partial charge on any atom is 0.325 e. The van der Waals surface area contributed by atoms with Gasteiger partial charge in [0, 0.05) is 6.42 Å². The molecule has 0 aliphatic carbocycles. The topological polar surface area (TPSA) is 102 Å². The maximum absolute atomic E-state index is 11.4. The van der Waals surface area contributed by atoms with Gasteiger partial charge in [-0.3, -0.25) is 9.59 Å². The SMILES string of the molecule is CC(NC(=O)CCCOc1ccccc1N)C(=O)O. The fourth-order valence-electron chi connectivity index (χ4n) is 1.40. The van der Waals surface area contributed by atoms with Crippen molar-refractivity contribution < 1.29 is 19.4 Å². The van der Waals surface area contributed by atoms with Crippen LogP contribution in [0.3, 0.4) is 0 Å². The van der Waals surface area contributed by atoms with E-state index in [1.807, 2.05) is 12.1 Å². The second-order valence-electron chi connectivity index (χ2n) is 4.12. The fraction of sp³-hybridized carbons (Fsp3) is 0.385. The number of carboxylic acid groups (broad SMARTS) is 1. The Kier molecular flexibility index (Phi) is 5.66. The summed E-state index contributed by atoms with van der Waals surface area (Å²) in [6.07, 6.45) is 0.705. The number of para-hydroxylation sites is 2. The molecule has 0 aromatic heterocycles. The van der Waals surface area contributed by atoms with E-state index >= 15 is 0 Å². The van der Waals surface area contributed by atoms with E-state index in [4.69, 9.17) is 15.6 Å². The van der Waals surface area contributed by atoms with Crippen LogP contribution in [0.15, 0.2) is 24.3 Å². The number of ether oxygens (including phenoxy) is 1. The highest BCUT2D eigenvalue weighted by molar-refractivity contribution is 5.83. The molecule has 1 atom stereocenters. The number of carbonyl (C=O) groups excluding carboxylic acids is 1. The largest absolute Gasteiger partial charge is 0.491 e. The van der Waals surface area contributed by atoms with Gasteiger partial charge in [-0.15, -0.1) is 0 Å². The Morgan fingerprint density at radius 2 is 2.11 bits per heavy atom. The van der Waals surface area contributed by atoms with Gasteiger partial charge >= 0.3 is 5.97 Å². The van der Waals surface area contributed by atoms with Gasteiger partial charge in [-0.1, -0.05) is 12.1 Å². The van der Waals surface area contributed by atoms with E-state index in [0.29, 0.717) is 24.5 Å². The van der Waals surface area contributed by atoms with Crippen molar-refractivity contribution in [2.45, 2.75) is 25.8 Å². The Labute approximate surface area is 111 Å². The normalized spacial score (nSPS) is 11.6. The lowest BCUT2D eigenvalue weighted by molar-refractivity contribution is -0.141. The molecule has 0 fully saturated rings. The van der Waals surface area contributed by atoms with Crippen molar-refractivity contribution in [3.8, 4) is 5.75 Å². The average Bonchev–Trinajstić information content (AvgIpc) is 2.36. The summed E-state index contributed by atoms with van der Waals surface area (Å²) >= 11 is 0. The van der Waals surface area contributed by atoms with E-state index in [2.05, 4.69) is 5.32 Å². The summed E-state index contributed by atoms with van der Waals surface area (Å²) in [5, 5.41) is 11.0. The lowest BCUT2D eigenvalue weighted by Gasteiger charge is -2.10. The number of nitrogen functional groups attached to an aromatic ring is 1. The molecule has 4 N–H and O–H groups in total. The number of hydrogen-bond acceptors (Lipinski definition) is 4. The summed E-state index contributed by atoms with van der Waals surface area (Å²) in [4.78, 5) is 21.9. The van der Waals surface area contributed by atoms with Crippen LogP contribution in [0.25, 0.3) is 0 Å². The predicted molar refractivity (Wildman–Crippen MR) is 70.8 cm³/mol. The zero-order chi connectivity index (χ0) is 14.3. The van der Waals surface area contributed by atoms with Gasteiger partial charge in [0.1, 0.15) is 11.8 Å². The molecule has 6 heteroatoms. The van der Waals surface area contributed by atoms with Crippen molar-refractivity contribution >= 4 is 17.6 Å².